The van der Waals surface area contributed by atoms with Gasteiger partial charge >= 0.3 is 0 Å². The summed E-state index contributed by atoms with van der Waals surface area (Å²) in [5.74, 6) is 0.899. The summed E-state index contributed by atoms with van der Waals surface area (Å²) in [5.41, 5.74) is 1.96. The summed E-state index contributed by atoms with van der Waals surface area (Å²) in [6.45, 7) is 2.02. The molecule has 1 atom stereocenters. The van der Waals surface area contributed by atoms with Crippen LogP contribution in [0.25, 0.3) is 10.3 Å². The minimum Gasteiger partial charge on any atom is -0.367 e. The van der Waals surface area contributed by atoms with Crippen molar-refractivity contribution in [3.8, 4) is 0 Å². The molecule has 0 spiro atoms. The molecule has 24 heavy (non-hydrogen) atoms. The minimum atomic E-state index is 0.358. The van der Waals surface area contributed by atoms with E-state index in [4.69, 9.17) is 0 Å². The van der Waals surface area contributed by atoms with Crippen molar-refractivity contribution in [2.24, 2.45) is 7.05 Å². The molecule has 126 valence electrons. The van der Waals surface area contributed by atoms with Crippen LogP contribution in [-0.4, -0.2) is 50.1 Å². The molecule has 0 bridgehead atoms. The molecule has 0 saturated carbocycles. The highest BCUT2D eigenvalue weighted by Crippen LogP contribution is 2.32. The highest BCUT2D eigenvalue weighted by Gasteiger charge is 2.22. The normalized spacial score (nSPS) is 18.2. The van der Waals surface area contributed by atoms with Crippen molar-refractivity contribution in [2.45, 2.75) is 23.2 Å². The Bertz CT molecular complexity index is 843. The Morgan fingerprint density at radius 1 is 1.38 bits per heavy atom. The van der Waals surface area contributed by atoms with Crippen molar-refractivity contribution in [2.75, 3.05) is 29.6 Å². The van der Waals surface area contributed by atoms with Gasteiger partial charge in [-0.2, -0.15) is 5.10 Å². The third-order valence-electron chi connectivity index (χ3n) is 4.16. The van der Waals surface area contributed by atoms with Crippen LogP contribution in [0.4, 0.5) is 11.5 Å². The predicted octanol–water partition coefficient (Wildman–Crippen LogP) is 2.62. The van der Waals surface area contributed by atoms with Crippen molar-refractivity contribution in [3.05, 3.63) is 18.7 Å². The average Bonchev–Trinajstić information content (AvgIpc) is 3.21. The Balaban J connectivity index is 1.53. The number of anilines is 2. The second-order valence-corrected chi connectivity index (χ2v) is 7.91. The van der Waals surface area contributed by atoms with Crippen LogP contribution < -0.4 is 10.2 Å². The van der Waals surface area contributed by atoms with E-state index in [0.717, 1.165) is 46.4 Å². The molecule has 1 N–H and O–H groups in total. The van der Waals surface area contributed by atoms with Gasteiger partial charge in [-0.3, -0.25) is 4.68 Å². The third-order valence-corrected chi connectivity index (χ3v) is 6.20. The topological polar surface area (TPSA) is 71.8 Å². The number of aromatic nitrogens is 5. The summed E-state index contributed by atoms with van der Waals surface area (Å²) in [4.78, 5) is 15.6. The molecule has 1 aliphatic rings. The van der Waals surface area contributed by atoms with Crippen LogP contribution >= 0.6 is 23.1 Å². The Morgan fingerprint density at radius 3 is 3.08 bits per heavy atom. The van der Waals surface area contributed by atoms with Crippen molar-refractivity contribution in [3.63, 3.8) is 0 Å². The first kappa shape index (κ1) is 15.6. The van der Waals surface area contributed by atoms with Crippen molar-refractivity contribution < 1.29 is 0 Å². The number of thiazole rings is 1. The van der Waals surface area contributed by atoms with E-state index in [0.29, 0.717) is 6.04 Å². The van der Waals surface area contributed by atoms with Gasteiger partial charge in [-0.25, -0.2) is 15.0 Å². The van der Waals surface area contributed by atoms with Gasteiger partial charge in [0.05, 0.1) is 11.9 Å². The fourth-order valence-corrected chi connectivity index (χ4v) is 4.48. The lowest BCUT2D eigenvalue weighted by Crippen LogP contribution is -2.42. The van der Waals surface area contributed by atoms with Gasteiger partial charge in [0.1, 0.15) is 16.8 Å². The summed E-state index contributed by atoms with van der Waals surface area (Å²) >= 11 is 3.29. The van der Waals surface area contributed by atoms with E-state index in [1.165, 1.54) is 5.69 Å². The zero-order chi connectivity index (χ0) is 16.5. The standard InChI is InChI=1S/C15H19N7S2/c1-21-8-11(6-18-21)22-5-3-4-10(7-22)19-13-12-14(17-9-16-13)20-15(23-2)24-12/h6,8-10H,3-5,7H2,1-2H3,(H,16,17,19). The van der Waals surface area contributed by atoms with Crippen LogP contribution in [0.15, 0.2) is 23.1 Å². The maximum Gasteiger partial charge on any atom is 0.176 e. The number of hydrogen-bond acceptors (Lipinski definition) is 8. The van der Waals surface area contributed by atoms with Crippen molar-refractivity contribution in [1.29, 1.82) is 0 Å². The first-order valence-electron chi connectivity index (χ1n) is 7.88. The van der Waals surface area contributed by atoms with E-state index in [-0.39, 0.29) is 0 Å². The molecule has 3 aromatic heterocycles. The molecule has 0 aliphatic carbocycles. The fraction of sp³-hybridized carbons (Fsp3) is 0.467. The van der Waals surface area contributed by atoms with E-state index in [9.17, 15) is 0 Å². The van der Waals surface area contributed by atoms with E-state index in [1.54, 1.807) is 29.4 Å². The molecular weight excluding hydrogens is 342 g/mol. The van der Waals surface area contributed by atoms with Gasteiger partial charge in [-0.15, -0.1) is 11.3 Å². The van der Waals surface area contributed by atoms with Gasteiger partial charge < -0.3 is 10.2 Å². The molecule has 1 aliphatic heterocycles. The van der Waals surface area contributed by atoms with Crippen molar-refractivity contribution >= 4 is 45.0 Å². The lowest BCUT2D eigenvalue weighted by Gasteiger charge is -2.34. The Morgan fingerprint density at radius 2 is 2.29 bits per heavy atom. The van der Waals surface area contributed by atoms with Crippen LogP contribution in [-0.2, 0) is 7.05 Å². The number of hydrogen-bond donors (Lipinski definition) is 1. The number of thioether (sulfide) groups is 1. The maximum atomic E-state index is 4.52. The smallest absolute Gasteiger partial charge is 0.176 e. The number of nitrogens with zero attached hydrogens (tertiary/aromatic N) is 6. The Labute approximate surface area is 148 Å². The van der Waals surface area contributed by atoms with Gasteiger partial charge in [0, 0.05) is 32.4 Å². The summed E-state index contributed by atoms with van der Waals surface area (Å²) in [6, 6.07) is 0.358. The van der Waals surface area contributed by atoms with Crippen molar-refractivity contribution in [1.82, 2.24) is 24.7 Å². The molecule has 1 unspecified atom stereocenters. The first-order chi connectivity index (χ1) is 11.7. The molecule has 0 radical (unpaired) electrons. The zero-order valence-corrected chi connectivity index (χ0v) is 15.3. The molecule has 0 amide bonds. The lowest BCUT2D eigenvalue weighted by molar-refractivity contribution is 0.529. The number of nitrogens with one attached hydrogen (secondary N) is 1. The van der Waals surface area contributed by atoms with Gasteiger partial charge in [-0.1, -0.05) is 11.8 Å². The molecule has 0 aromatic carbocycles. The quantitative estimate of drug-likeness (QED) is 0.716. The first-order valence-corrected chi connectivity index (χ1v) is 9.92. The van der Waals surface area contributed by atoms with E-state index < -0.39 is 0 Å². The molecule has 1 fully saturated rings. The largest absolute Gasteiger partial charge is 0.367 e. The zero-order valence-electron chi connectivity index (χ0n) is 13.6. The maximum absolute atomic E-state index is 4.52. The molecule has 1 saturated heterocycles. The van der Waals surface area contributed by atoms with Gasteiger partial charge in [0.15, 0.2) is 9.99 Å². The highest BCUT2D eigenvalue weighted by atomic mass is 32.2. The van der Waals surface area contributed by atoms with Gasteiger partial charge in [0.2, 0.25) is 0 Å². The molecule has 7 nitrogen and oxygen atoms in total. The van der Waals surface area contributed by atoms with E-state index in [2.05, 4.69) is 36.5 Å². The monoisotopic (exact) mass is 361 g/mol. The summed E-state index contributed by atoms with van der Waals surface area (Å²) in [5, 5.41) is 7.89. The molecule has 4 heterocycles. The SMILES string of the molecule is CSc1nc2ncnc(NC3CCCN(c4cnn(C)c4)C3)c2s1. The summed E-state index contributed by atoms with van der Waals surface area (Å²) in [7, 11) is 1.95. The molecule has 4 rings (SSSR count). The van der Waals surface area contributed by atoms with Gasteiger partial charge in [-0.05, 0) is 19.1 Å². The minimum absolute atomic E-state index is 0.358. The number of fused-ring (bicyclic) bond motifs is 1. The lowest BCUT2D eigenvalue weighted by atomic mass is 10.1. The molecular formula is C15H19N7S2. The number of rotatable bonds is 4. The highest BCUT2D eigenvalue weighted by molar-refractivity contribution is 8.00. The van der Waals surface area contributed by atoms with Crippen LogP contribution in [0.2, 0.25) is 0 Å². The summed E-state index contributed by atoms with van der Waals surface area (Å²) in [6.07, 6.45) is 9.91. The van der Waals surface area contributed by atoms with Gasteiger partial charge in [0.25, 0.3) is 0 Å². The molecule has 9 heteroatoms. The number of piperidine rings is 1. The Hall–Kier alpha value is -1.87. The Kier molecular flexibility index (Phi) is 4.28. The predicted molar refractivity (Wildman–Crippen MR) is 99.1 cm³/mol. The third kappa shape index (κ3) is 3.05. The van der Waals surface area contributed by atoms with Crippen LogP contribution in [0.1, 0.15) is 12.8 Å². The van der Waals surface area contributed by atoms with Crippen LogP contribution in [0.3, 0.4) is 0 Å². The fourth-order valence-electron chi connectivity index (χ4n) is 3.02. The summed E-state index contributed by atoms with van der Waals surface area (Å²) < 4.78 is 3.91. The second-order valence-electron chi connectivity index (χ2n) is 5.86. The number of aryl methyl sites for hydroxylation is 1. The van der Waals surface area contributed by atoms with Crippen LogP contribution in [0.5, 0.6) is 0 Å². The second kappa shape index (κ2) is 6.56. The van der Waals surface area contributed by atoms with Crippen LogP contribution in [0, 0.1) is 0 Å². The molecule has 3 aromatic rings. The van der Waals surface area contributed by atoms with E-state index in [1.807, 2.05) is 24.2 Å². The van der Waals surface area contributed by atoms with E-state index >= 15 is 0 Å². The average molecular weight is 362 g/mol.